The van der Waals surface area contributed by atoms with Crippen molar-refractivity contribution in [3.8, 4) is 5.88 Å². The summed E-state index contributed by atoms with van der Waals surface area (Å²) in [6.07, 6.45) is 0.860. The fourth-order valence-electron chi connectivity index (χ4n) is 2.79. The van der Waals surface area contributed by atoms with E-state index in [1.54, 1.807) is 0 Å². The Morgan fingerprint density at radius 2 is 1.96 bits per heavy atom. The van der Waals surface area contributed by atoms with Crippen molar-refractivity contribution in [2.24, 2.45) is 0 Å². The van der Waals surface area contributed by atoms with Gasteiger partial charge in [-0.05, 0) is 25.0 Å². The summed E-state index contributed by atoms with van der Waals surface area (Å²) < 4.78 is 12.4. The van der Waals surface area contributed by atoms with Crippen LogP contribution in [0.4, 0.5) is 0 Å². The van der Waals surface area contributed by atoms with Gasteiger partial charge in [-0.25, -0.2) is 9.78 Å². The second-order valence-electron chi connectivity index (χ2n) is 5.74. The molecule has 6 nitrogen and oxygen atoms in total. The minimum absolute atomic E-state index is 0.173. The lowest BCUT2D eigenvalue weighted by molar-refractivity contribution is -0.142. The molecular formula is C19H21N3O3. The summed E-state index contributed by atoms with van der Waals surface area (Å²) in [5.41, 5.74) is 3.15. The van der Waals surface area contributed by atoms with E-state index in [4.69, 9.17) is 4.74 Å². The highest BCUT2D eigenvalue weighted by molar-refractivity contribution is 5.83. The molecular weight excluding hydrogens is 318 g/mol. The fourth-order valence-corrected chi connectivity index (χ4v) is 2.79. The Hall–Kier alpha value is -2.89. The number of rotatable bonds is 6. The van der Waals surface area contributed by atoms with Crippen LogP contribution in [0.5, 0.6) is 5.88 Å². The number of carbonyl (C=O) groups is 1. The Balaban J connectivity index is 2.04. The normalized spacial score (nSPS) is 10.8. The molecule has 0 aliphatic heterocycles. The first-order valence-electron chi connectivity index (χ1n) is 8.22. The third kappa shape index (κ3) is 3.63. The number of carbonyl (C=O) groups excluding carboxylic acids is 1. The summed E-state index contributed by atoms with van der Waals surface area (Å²) in [6, 6.07) is 12.3. The molecule has 3 aromatic rings. The minimum atomic E-state index is -0.441. The lowest BCUT2D eigenvalue weighted by Gasteiger charge is -2.10. The summed E-state index contributed by atoms with van der Waals surface area (Å²) in [6.45, 7) is 4.47. The van der Waals surface area contributed by atoms with E-state index in [0.29, 0.717) is 11.7 Å². The highest BCUT2D eigenvalue weighted by Gasteiger charge is 2.16. The number of ether oxygens (including phenoxy) is 2. The van der Waals surface area contributed by atoms with E-state index in [2.05, 4.69) is 38.3 Å². The number of methoxy groups -OCH3 is 1. The monoisotopic (exact) mass is 339 g/mol. The maximum absolute atomic E-state index is 11.4. The standard InChI is InChI=1S/C19H21N3O3/c1-4-15-10-16-18(22(15)11-14-8-6-5-7-9-14)20-13(2)21-19(16)25-12-17(23)24-3/h5-10H,4,11-12H2,1-3H3. The van der Waals surface area contributed by atoms with Gasteiger partial charge in [0.2, 0.25) is 5.88 Å². The van der Waals surface area contributed by atoms with Crippen LogP contribution in [0.3, 0.4) is 0 Å². The quantitative estimate of drug-likeness (QED) is 0.646. The molecule has 6 heteroatoms. The van der Waals surface area contributed by atoms with Crippen LogP contribution in [0.2, 0.25) is 0 Å². The van der Waals surface area contributed by atoms with E-state index in [1.807, 2.05) is 31.2 Å². The van der Waals surface area contributed by atoms with E-state index in [-0.39, 0.29) is 6.61 Å². The van der Waals surface area contributed by atoms with Crippen molar-refractivity contribution in [1.82, 2.24) is 14.5 Å². The van der Waals surface area contributed by atoms with E-state index in [0.717, 1.165) is 29.7 Å². The molecule has 0 aliphatic carbocycles. The summed E-state index contributed by atoms with van der Waals surface area (Å²) in [5.74, 6) is 0.570. The smallest absolute Gasteiger partial charge is 0.343 e. The molecule has 0 amide bonds. The van der Waals surface area contributed by atoms with Gasteiger partial charge in [0.15, 0.2) is 6.61 Å². The number of benzene rings is 1. The second-order valence-corrected chi connectivity index (χ2v) is 5.74. The average molecular weight is 339 g/mol. The van der Waals surface area contributed by atoms with Gasteiger partial charge in [0, 0.05) is 12.2 Å². The molecule has 2 aromatic heterocycles. The van der Waals surface area contributed by atoms with Gasteiger partial charge in [-0.1, -0.05) is 37.3 Å². The number of fused-ring (bicyclic) bond motifs is 1. The number of esters is 1. The number of nitrogens with zero attached hydrogens (tertiary/aromatic N) is 3. The van der Waals surface area contributed by atoms with E-state index < -0.39 is 5.97 Å². The second kappa shape index (κ2) is 7.34. The SMILES string of the molecule is CCc1cc2c(OCC(=O)OC)nc(C)nc2n1Cc1ccccc1. The van der Waals surface area contributed by atoms with Crippen molar-refractivity contribution in [1.29, 1.82) is 0 Å². The topological polar surface area (TPSA) is 66.2 Å². The molecule has 25 heavy (non-hydrogen) atoms. The first-order valence-corrected chi connectivity index (χ1v) is 8.22. The maximum atomic E-state index is 11.4. The number of hydrogen-bond acceptors (Lipinski definition) is 5. The van der Waals surface area contributed by atoms with Crippen LogP contribution in [0, 0.1) is 6.92 Å². The molecule has 0 N–H and O–H groups in total. The average Bonchev–Trinajstić information content (AvgIpc) is 2.98. The molecule has 0 unspecified atom stereocenters. The maximum Gasteiger partial charge on any atom is 0.343 e. The Morgan fingerprint density at radius 1 is 1.20 bits per heavy atom. The van der Waals surface area contributed by atoms with Crippen LogP contribution < -0.4 is 4.74 Å². The molecule has 0 aliphatic rings. The van der Waals surface area contributed by atoms with Gasteiger partial charge in [-0.15, -0.1) is 0 Å². The van der Waals surface area contributed by atoms with Gasteiger partial charge in [0.25, 0.3) is 0 Å². The lowest BCUT2D eigenvalue weighted by atomic mass is 10.2. The molecule has 0 bridgehead atoms. The predicted molar refractivity (Wildman–Crippen MR) is 94.7 cm³/mol. The van der Waals surface area contributed by atoms with Crippen molar-refractivity contribution >= 4 is 17.0 Å². The molecule has 0 radical (unpaired) electrons. The zero-order valence-electron chi connectivity index (χ0n) is 14.7. The first-order chi connectivity index (χ1) is 12.1. The summed E-state index contributed by atoms with van der Waals surface area (Å²) in [4.78, 5) is 20.3. The molecule has 130 valence electrons. The van der Waals surface area contributed by atoms with Crippen molar-refractivity contribution in [3.63, 3.8) is 0 Å². The van der Waals surface area contributed by atoms with Crippen LogP contribution in [-0.4, -0.2) is 34.2 Å². The molecule has 2 heterocycles. The molecule has 0 atom stereocenters. The Bertz CT molecular complexity index is 888. The van der Waals surface area contributed by atoms with Gasteiger partial charge in [0.05, 0.1) is 12.5 Å². The largest absolute Gasteiger partial charge is 0.466 e. The fraction of sp³-hybridized carbons (Fsp3) is 0.316. The number of hydrogen-bond donors (Lipinski definition) is 0. The Morgan fingerprint density at radius 3 is 2.64 bits per heavy atom. The van der Waals surface area contributed by atoms with Crippen molar-refractivity contribution in [3.05, 3.63) is 53.5 Å². The highest BCUT2D eigenvalue weighted by Crippen LogP contribution is 2.27. The van der Waals surface area contributed by atoms with Crippen molar-refractivity contribution in [2.45, 2.75) is 26.8 Å². The zero-order valence-corrected chi connectivity index (χ0v) is 14.7. The highest BCUT2D eigenvalue weighted by atomic mass is 16.6. The van der Waals surface area contributed by atoms with Gasteiger partial charge >= 0.3 is 5.97 Å². The van der Waals surface area contributed by atoms with Gasteiger partial charge in [-0.3, -0.25) is 0 Å². The molecule has 0 saturated heterocycles. The van der Waals surface area contributed by atoms with E-state index in [9.17, 15) is 4.79 Å². The number of aromatic nitrogens is 3. The minimum Gasteiger partial charge on any atom is -0.466 e. The van der Waals surface area contributed by atoms with Crippen LogP contribution in [0.15, 0.2) is 36.4 Å². The molecule has 0 saturated carbocycles. The van der Waals surface area contributed by atoms with Crippen LogP contribution >= 0.6 is 0 Å². The van der Waals surface area contributed by atoms with Gasteiger partial charge in [-0.2, -0.15) is 4.98 Å². The van der Waals surface area contributed by atoms with Crippen molar-refractivity contribution in [2.75, 3.05) is 13.7 Å². The van der Waals surface area contributed by atoms with Gasteiger partial charge < -0.3 is 14.0 Å². The van der Waals surface area contributed by atoms with Crippen LogP contribution in [0.25, 0.3) is 11.0 Å². The molecule has 0 fully saturated rings. The van der Waals surface area contributed by atoms with Crippen LogP contribution in [0.1, 0.15) is 24.0 Å². The number of aryl methyl sites for hydroxylation is 2. The first kappa shape index (κ1) is 17.0. The molecule has 0 spiro atoms. The van der Waals surface area contributed by atoms with Crippen LogP contribution in [-0.2, 0) is 22.5 Å². The summed E-state index contributed by atoms with van der Waals surface area (Å²) in [7, 11) is 1.33. The third-order valence-electron chi connectivity index (χ3n) is 4.02. The third-order valence-corrected chi connectivity index (χ3v) is 4.02. The zero-order chi connectivity index (χ0) is 17.8. The summed E-state index contributed by atoms with van der Waals surface area (Å²) in [5, 5.41) is 0.808. The molecule has 3 rings (SSSR count). The van der Waals surface area contributed by atoms with E-state index in [1.165, 1.54) is 12.7 Å². The van der Waals surface area contributed by atoms with Gasteiger partial charge in [0.1, 0.15) is 11.5 Å². The van der Waals surface area contributed by atoms with E-state index >= 15 is 0 Å². The predicted octanol–water partition coefficient (Wildman–Crippen LogP) is 2.90. The molecule has 1 aromatic carbocycles. The lowest BCUT2D eigenvalue weighted by Crippen LogP contribution is -2.14. The summed E-state index contributed by atoms with van der Waals surface area (Å²) >= 11 is 0. The Labute approximate surface area is 146 Å². The van der Waals surface area contributed by atoms with Crippen molar-refractivity contribution < 1.29 is 14.3 Å². The Kier molecular flexibility index (Phi) is 4.97.